The third kappa shape index (κ3) is 7.56. The first-order valence-corrected chi connectivity index (χ1v) is 5.69. The van der Waals surface area contributed by atoms with E-state index in [1.807, 2.05) is 0 Å². The number of rotatable bonds is 6. The molecule has 6 heteroatoms. The zero-order valence-electron chi connectivity index (χ0n) is 8.86. The van der Waals surface area contributed by atoms with Gasteiger partial charge in [-0.1, -0.05) is 13.8 Å². The van der Waals surface area contributed by atoms with Crippen LogP contribution in [0.3, 0.4) is 0 Å². The lowest BCUT2D eigenvalue weighted by molar-refractivity contribution is -0.141. The van der Waals surface area contributed by atoms with Gasteiger partial charge in [-0.05, 0) is 12.2 Å². The number of hydrogen-bond donors (Lipinski definition) is 4. The van der Waals surface area contributed by atoms with Crippen LogP contribution in [0.2, 0.25) is 0 Å². The van der Waals surface area contributed by atoms with Crippen LogP contribution in [0.1, 0.15) is 26.7 Å². The summed E-state index contributed by atoms with van der Waals surface area (Å²) < 4.78 is -0.436. The van der Waals surface area contributed by atoms with E-state index in [-0.39, 0.29) is 12.3 Å². The second-order valence-corrected chi connectivity index (χ2v) is 5.62. The number of nitrogens with one attached hydrogen (secondary N) is 1. The number of carbonyl (C=O) groups excluding carboxylic acids is 1. The van der Waals surface area contributed by atoms with Crippen LogP contribution in [0.25, 0.3) is 0 Å². The van der Waals surface area contributed by atoms with Gasteiger partial charge in [0.05, 0.1) is 0 Å². The van der Waals surface area contributed by atoms with E-state index in [9.17, 15) is 9.59 Å². The van der Waals surface area contributed by atoms with Crippen molar-refractivity contribution in [3.63, 3.8) is 0 Å². The highest BCUT2D eigenvalue weighted by Gasteiger charge is 2.22. The molecule has 0 bridgehead atoms. The Labute approximate surface area is 101 Å². The fourth-order valence-electron chi connectivity index (χ4n) is 1.02. The van der Waals surface area contributed by atoms with Crippen molar-refractivity contribution >= 4 is 37.1 Å². The van der Waals surface area contributed by atoms with E-state index >= 15 is 0 Å². The van der Waals surface area contributed by atoms with Gasteiger partial charge in [0, 0.05) is 11.2 Å². The Kier molecular flexibility index (Phi) is 6.12. The number of carboxylic acid groups (broad SMARTS) is 1. The molecule has 88 valence electrons. The summed E-state index contributed by atoms with van der Waals surface area (Å²) in [6, 6.07) is -0.856. The minimum absolute atomic E-state index is 0.187. The van der Waals surface area contributed by atoms with E-state index in [2.05, 4.69) is 30.6 Å². The van der Waals surface area contributed by atoms with Crippen molar-refractivity contribution in [2.75, 3.05) is 5.75 Å². The van der Waals surface area contributed by atoms with Crippen molar-refractivity contribution < 1.29 is 14.7 Å². The zero-order chi connectivity index (χ0) is 12.1. The molecule has 0 heterocycles. The van der Waals surface area contributed by atoms with Gasteiger partial charge in [-0.2, -0.15) is 25.3 Å². The van der Waals surface area contributed by atoms with Crippen molar-refractivity contribution in [1.82, 2.24) is 5.32 Å². The number of hydrogen-bond acceptors (Lipinski definition) is 4. The predicted molar refractivity (Wildman–Crippen MR) is 65.7 cm³/mol. The third-order valence-corrected chi connectivity index (χ3v) is 2.06. The third-order valence-electron chi connectivity index (χ3n) is 1.64. The van der Waals surface area contributed by atoms with Gasteiger partial charge in [-0.15, -0.1) is 0 Å². The lowest BCUT2D eigenvalue weighted by Gasteiger charge is -2.19. The van der Waals surface area contributed by atoms with Gasteiger partial charge in [-0.25, -0.2) is 4.79 Å². The summed E-state index contributed by atoms with van der Waals surface area (Å²) >= 11 is 8.13. The largest absolute Gasteiger partial charge is 0.480 e. The standard InChI is InChI=1S/C9H17NO3S2/c1-9(2,15)5-7(11)10-6(3-4-14)8(12)13/h6,14-15H,3-5H2,1-2H3,(H,10,11)(H,12,13). The Balaban J connectivity index is 4.18. The first kappa shape index (κ1) is 14.6. The maximum Gasteiger partial charge on any atom is 0.326 e. The smallest absolute Gasteiger partial charge is 0.326 e. The van der Waals surface area contributed by atoms with E-state index in [4.69, 9.17) is 5.11 Å². The number of carbonyl (C=O) groups is 2. The number of amides is 1. The highest BCUT2D eigenvalue weighted by atomic mass is 32.1. The minimum Gasteiger partial charge on any atom is -0.480 e. The lowest BCUT2D eigenvalue weighted by atomic mass is 10.1. The molecule has 0 saturated heterocycles. The molecule has 0 spiro atoms. The van der Waals surface area contributed by atoms with Crippen LogP contribution < -0.4 is 5.32 Å². The molecule has 0 aromatic carbocycles. The monoisotopic (exact) mass is 251 g/mol. The van der Waals surface area contributed by atoms with Crippen LogP contribution in [0.4, 0.5) is 0 Å². The molecule has 0 radical (unpaired) electrons. The van der Waals surface area contributed by atoms with Crippen molar-refractivity contribution in [2.45, 2.75) is 37.5 Å². The summed E-state index contributed by atoms with van der Waals surface area (Å²) in [7, 11) is 0. The SMILES string of the molecule is CC(C)(S)CC(=O)NC(CCS)C(=O)O. The van der Waals surface area contributed by atoms with Crippen molar-refractivity contribution in [1.29, 1.82) is 0 Å². The number of aliphatic carboxylic acids is 1. The maximum absolute atomic E-state index is 11.4. The van der Waals surface area contributed by atoms with Crippen molar-refractivity contribution in [2.24, 2.45) is 0 Å². The summed E-state index contributed by atoms with van der Waals surface area (Å²) in [5.74, 6) is -0.917. The van der Waals surface area contributed by atoms with Crippen molar-refractivity contribution in [3.05, 3.63) is 0 Å². The average molecular weight is 251 g/mol. The van der Waals surface area contributed by atoms with Crippen molar-refractivity contribution in [3.8, 4) is 0 Å². The Bertz CT molecular complexity index is 238. The topological polar surface area (TPSA) is 66.4 Å². The second-order valence-electron chi connectivity index (χ2n) is 3.96. The molecule has 0 saturated carbocycles. The summed E-state index contributed by atoms with van der Waals surface area (Å²) in [4.78, 5) is 22.1. The highest BCUT2D eigenvalue weighted by Crippen LogP contribution is 2.16. The van der Waals surface area contributed by atoms with E-state index in [0.717, 1.165) is 0 Å². The Morgan fingerprint density at radius 1 is 1.47 bits per heavy atom. The van der Waals surface area contributed by atoms with E-state index in [1.165, 1.54) is 0 Å². The predicted octanol–water partition coefficient (Wildman–Crippen LogP) is 0.974. The summed E-state index contributed by atoms with van der Waals surface area (Å²) in [5.41, 5.74) is 0. The van der Waals surface area contributed by atoms with Gasteiger partial charge in [0.1, 0.15) is 6.04 Å². The van der Waals surface area contributed by atoms with Gasteiger partial charge in [0.2, 0.25) is 5.91 Å². The molecule has 2 N–H and O–H groups in total. The molecule has 0 aromatic heterocycles. The van der Waals surface area contributed by atoms with Crippen LogP contribution >= 0.6 is 25.3 Å². The molecule has 15 heavy (non-hydrogen) atoms. The Hall–Kier alpha value is -0.360. The highest BCUT2D eigenvalue weighted by molar-refractivity contribution is 7.81. The first-order chi connectivity index (χ1) is 6.76. The molecule has 4 nitrogen and oxygen atoms in total. The number of carboxylic acids is 1. The van der Waals surface area contributed by atoms with Gasteiger partial charge in [0.15, 0.2) is 0 Å². The minimum atomic E-state index is -1.03. The molecular formula is C9H17NO3S2. The first-order valence-electron chi connectivity index (χ1n) is 4.61. The molecule has 0 aromatic rings. The van der Waals surface area contributed by atoms with E-state index < -0.39 is 16.8 Å². The van der Waals surface area contributed by atoms with E-state index in [1.54, 1.807) is 13.8 Å². The molecule has 0 aliphatic heterocycles. The molecule has 1 unspecified atom stereocenters. The Morgan fingerprint density at radius 2 is 2.00 bits per heavy atom. The molecule has 0 rings (SSSR count). The zero-order valence-corrected chi connectivity index (χ0v) is 10.6. The quantitative estimate of drug-likeness (QED) is 0.532. The van der Waals surface area contributed by atoms with E-state index in [0.29, 0.717) is 12.2 Å². The summed E-state index contributed by atoms with van der Waals surface area (Å²) in [5, 5.41) is 11.2. The van der Waals surface area contributed by atoms with Gasteiger partial charge in [-0.3, -0.25) is 4.79 Å². The number of thiol groups is 2. The molecule has 0 aliphatic rings. The second kappa shape index (κ2) is 6.27. The van der Waals surface area contributed by atoms with Crippen LogP contribution in [0.5, 0.6) is 0 Å². The van der Waals surface area contributed by atoms with Crippen LogP contribution in [0, 0.1) is 0 Å². The Morgan fingerprint density at radius 3 is 2.33 bits per heavy atom. The molecular weight excluding hydrogens is 234 g/mol. The molecule has 1 atom stereocenters. The molecule has 0 fully saturated rings. The summed E-state index contributed by atoms with van der Waals surface area (Å²) in [6.07, 6.45) is 0.504. The van der Waals surface area contributed by atoms with Crippen LogP contribution in [-0.4, -0.2) is 33.5 Å². The summed E-state index contributed by atoms with van der Waals surface area (Å²) in [6.45, 7) is 3.59. The van der Waals surface area contributed by atoms with Crippen LogP contribution in [-0.2, 0) is 9.59 Å². The maximum atomic E-state index is 11.4. The van der Waals surface area contributed by atoms with Crippen LogP contribution in [0.15, 0.2) is 0 Å². The lowest BCUT2D eigenvalue weighted by Crippen LogP contribution is -2.42. The fourth-order valence-corrected chi connectivity index (χ4v) is 1.43. The molecule has 0 aliphatic carbocycles. The van der Waals surface area contributed by atoms with Gasteiger partial charge >= 0.3 is 5.97 Å². The normalized spacial score (nSPS) is 13.3. The van der Waals surface area contributed by atoms with Gasteiger partial charge in [0.25, 0.3) is 0 Å². The van der Waals surface area contributed by atoms with Gasteiger partial charge < -0.3 is 10.4 Å². The fraction of sp³-hybridized carbons (Fsp3) is 0.778. The molecule has 1 amide bonds. The average Bonchev–Trinajstić information content (AvgIpc) is 1.99.